The fraction of sp³-hybridized carbons (Fsp3) is 0.444. The van der Waals surface area contributed by atoms with Crippen molar-refractivity contribution in [2.45, 2.75) is 18.9 Å². The number of nitrogens with one attached hydrogen (secondary N) is 1. The predicted octanol–water partition coefficient (Wildman–Crippen LogP) is -0.111. The van der Waals surface area contributed by atoms with E-state index in [4.69, 9.17) is 5.84 Å². The quantitative estimate of drug-likeness (QED) is 0.561. The highest BCUT2D eigenvalue weighted by molar-refractivity contribution is 7.07. The van der Waals surface area contributed by atoms with Crippen molar-refractivity contribution >= 4 is 11.3 Å². The van der Waals surface area contributed by atoms with E-state index in [1.807, 2.05) is 0 Å². The minimum Gasteiger partial charge on any atom is -0.271 e. The molecule has 0 radical (unpaired) electrons. The van der Waals surface area contributed by atoms with E-state index in [-0.39, 0.29) is 6.04 Å². The van der Waals surface area contributed by atoms with E-state index in [2.05, 4.69) is 37.7 Å². The number of nitrogens with two attached hydrogens (primary N) is 1. The van der Waals surface area contributed by atoms with Gasteiger partial charge in [0, 0.05) is 12.5 Å². The molecule has 0 saturated carbocycles. The molecule has 2 rings (SSSR count). The second-order valence-electron chi connectivity index (χ2n) is 3.60. The molecule has 16 heavy (non-hydrogen) atoms. The molecular weight excluding hydrogens is 224 g/mol. The average molecular weight is 238 g/mol. The lowest BCUT2D eigenvalue weighted by Gasteiger charge is -2.12. The fourth-order valence-electron chi connectivity index (χ4n) is 1.51. The molecule has 0 aliphatic heterocycles. The Bertz CT molecular complexity index is 423. The second kappa shape index (κ2) is 5.15. The molecule has 6 nitrogen and oxygen atoms in total. The Kier molecular flexibility index (Phi) is 3.60. The molecule has 7 heteroatoms. The summed E-state index contributed by atoms with van der Waals surface area (Å²) in [4.78, 5) is 1.45. The van der Waals surface area contributed by atoms with Crippen LogP contribution in [0.1, 0.15) is 11.4 Å². The van der Waals surface area contributed by atoms with Crippen LogP contribution in [0, 0.1) is 0 Å². The molecule has 2 aromatic rings. The molecule has 0 saturated heterocycles. The van der Waals surface area contributed by atoms with Crippen LogP contribution < -0.4 is 11.3 Å². The smallest absolute Gasteiger partial charge is 0.176 e. The van der Waals surface area contributed by atoms with Gasteiger partial charge in [-0.05, 0) is 34.0 Å². The van der Waals surface area contributed by atoms with Crippen LogP contribution in [0.5, 0.6) is 0 Å². The highest BCUT2D eigenvalue weighted by Gasteiger charge is 2.12. The second-order valence-corrected chi connectivity index (χ2v) is 4.38. The van der Waals surface area contributed by atoms with Crippen molar-refractivity contribution in [2.75, 3.05) is 0 Å². The van der Waals surface area contributed by atoms with Crippen molar-refractivity contribution in [1.82, 2.24) is 25.6 Å². The van der Waals surface area contributed by atoms with E-state index >= 15 is 0 Å². The van der Waals surface area contributed by atoms with Crippen LogP contribution in [-0.2, 0) is 19.9 Å². The summed E-state index contributed by atoms with van der Waals surface area (Å²) in [6.07, 6.45) is 1.55. The number of rotatable bonds is 5. The van der Waals surface area contributed by atoms with Gasteiger partial charge in [0.05, 0.1) is 7.05 Å². The van der Waals surface area contributed by atoms with Crippen LogP contribution in [0.3, 0.4) is 0 Å². The van der Waals surface area contributed by atoms with Crippen molar-refractivity contribution < 1.29 is 0 Å². The third-order valence-electron chi connectivity index (χ3n) is 2.28. The largest absolute Gasteiger partial charge is 0.271 e. The molecule has 86 valence electrons. The van der Waals surface area contributed by atoms with Crippen molar-refractivity contribution in [1.29, 1.82) is 0 Å². The standard InChI is InChI=1S/C9H14N6S/c1-15-13-9(12-14-15)5-8(11-10)4-7-2-3-16-6-7/h2-3,6,8,11H,4-5,10H2,1H3. The van der Waals surface area contributed by atoms with Crippen LogP contribution in [0.25, 0.3) is 0 Å². The van der Waals surface area contributed by atoms with E-state index in [0.717, 1.165) is 6.42 Å². The Morgan fingerprint density at radius 3 is 3.00 bits per heavy atom. The van der Waals surface area contributed by atoms with Gasteiger partial charge in [-0.3, -0.25) is 11.3 Å². The maximum Gasteiger partial charge on any atom is 0.176 e. The molecule has 2 heterocycles. The van der Waals surface area contributed by atoms with E-state index in [9.17, 15) is 0 Å². The zero-order valence-electron chi connectivity index (χ0n) is 9.00. The average Bonchev–Trinajstić information content (AvgIpc) is 2.89. The Morgan fingerprint density at radius 1 is 1.56 bits per heavy atom. The van der Waals surface area contributed by atoms with Gasteiger partial charge in [0.25, 0.3) is 0 Å². The molecule has 0 fully saturated rings. The zero-order chi connectivity index (χ0) is 11.4. The number of tetrazole rings is 1. The summed E-state index contributed by atoms with van der Waals surface area (Å²) in [5.74, 6) is 6.22. The molecule has 0 spiro atoms. The maximum absolute atomic E-state index is 5.51. The number of aryl methyl sites for hydroxylation is 1. The van der Waals surface area contributed by atoms with Gasteiger partial charge in [-0.1, -0.05) is 0 Å². The lowest BCUT2D eigenvalue weighted by atomic mass is 10.1. The normalized spacial score (nSPS) is 12.9. The van der Waals surface area contributed by atoms with Gasteiger partial charge in [0.15, 0.2) is 5.82 Å². The molecule has 0 amide bonds. The molecule has 1 unspecified atom stereocenters. The summed E-state index contributed by atoms with van der Waals surface area (Å²) in [5, 5.41) is 16.0. The Balaban J connectivity index is 1.95. The van der Waals surface area contributed by atoms with Crippen LogP contribution in [-0.4, -0.2) is 26.2 Å². The first-order valence-corrected chi connectivity index (χ1v) is 5.92. The molecule has 3 N–H and O–H groups in total. The van der Waals surface area contributed by atoms with Crippen molar-refractivity contribution in [2.24, 2.45) is 12.9 Å². The summed E-state index contributed by atoms with van der Waals surface area (Å²) in [5.41, 5.74) is 4.06. The predicted molar refractivity (Wildman–Crippen MR) is 61.6 cm³/mol. The van der Waals surface area contributed by atoms with Gasteiger partial charge in [0.1, 0.15) is 0 Å². The van der Waals surface area contributed by atoms with E-state index in [1.54, 1.807) is 18.4 Å². The van der Waals surface area contributed by atoms with Crippen LogP contribution in [0.15, 0.2) is 16.8 Å². The summed E-state index contributed by atoms with van der Waals surface area (Å²) in [6.45, 7) is 0. The van der Waals surface area contributed by atoms with Gasteiger partial charge in [-0.25, -0.2) is 0 Å². The van der Waals surface area contributed by atoms with Gasteiger partial charge >= 0.3 is 0 Å². The van der Waals surface area contributed by atoms with Gasteiger partial charge < -0.3 is 0 Å². The first-order chi connectivity index (χ1) is 7.78. The first kappa shape index (κ1) is 11.2. The highest BCUT2D eigenvalue weighted by atomic mass is 32.1. The molecule has 0 bridgehead atoms. The van der Waals surface area contributed by atoms with Crippen molar-refractivity contribution in [3.63, 3.8) is 0 Å². The topological polar surface area (TPSA) is 81.7 Å². The third-order valence-corrected chi connectivity index (χ3v) is 3.01. The van der Waals surface area contributed by atoms with Gasteiger partial charge in [-0.2, -0.15) is 16.1 Å². The molecule has 0 aliphatic rings. The van der Waals surface area contributed by atoms with Gasteiger partial charge in [0.2, 0.25) is 0 Å². The van der Waals surface area contributed by atoms with Gasteiger partial charge in [-0.15, -0.1) is 10.2 Å². The van der Waals surface area contributed by atoms with Crippen LogP contribution in [0.2, 0.25) is 0 Å². The SMILES string of the molecule is Cn1nnc(CC(Cc2ccsc2)NN)n1. The highest BCUT2D eigenvalue weighted by Crippen LogP contribution is 2.10. The van der Waals surface area contributed by atoms with Crippen LogP contribution >= 0.6 is 11.3 Å². The Labute approximate surface area is 97.4 Å². The molecule has 1 atom stereocenters. The van der Waals surface area contributed by atoms with E-state index in [0.29, 0.717) is 12.2 Å². The number of nitrogens with zero attached hydrogens (tertiary/aromatic N) is 4. The fourth-order valence-corrected chi connectivity index (χ4v) is 2.19. The Hall–Kier alpha value is -1.31. The van der Waals surface area contributed by atoms with E-state index < -0.39 is 0 Å². The summed E-state index contributed by atoms with van der Waals surface area (Å²) in [7, 11) is 1.75. The molecule has 0 aliphatic carbocycles. The maximum atomic E-state index is 5.51. The lowest BCUT2D eigenvalue weighted by molar-refractivity contribution is 0.510. The van der Waals surface area contributed by atoms with Crippen LogP contribution in [0.4, 0.5) is 0 Å². The number of hydrazine groups is 1. The summed E-state index contributed by atoms with van der Waals surface area (Å²) >= 11 is 1.69. The number of thiophene rings is 1. The minimum absolute atomic E-state index is 0.138. The summed E-state index contributed by atoms with van der Waals surface area (Å²) in [6, 6.07) is 2.23. The molecule has 2 aromatic heterocycles. The van der Waals surface area contributed by atoms with E-state index in [1.165, 1.54) is 10.4 Å². The van der Waals surface area contributed by atoms with Crippen molar-refractivity contribution in [3.05, 3.63) is 28.2 Å². The molecule has 0 aromatic carbocycles. The first-order valence-electron chi connectivity index (χ1n) is 4.98. The minimum atomic E-state index is 0.138. The third kappa shape index (κ3) is 2.84. The number of aromatic nitrogens is 4. The number of hydrogen-bond donors (Lipinski definition) is 2. The number of hydrogen-bond acceptors (Lipinski definition) is 6. The summed E-state index contributed by atoms with van der Waals surface area (Å²) < 4.78 is 0. The molecular formula is C9H14N6S. The monoisotopic (exact) mass is 238 g/mol. The Morgan fingerprint density at radius 2 is 2.44 bits per heavy atom. The zero-order valence-corrected chi connectivity index (χ0v) is 9.81. The lowest BCUT2D eigenvalue weighted by Crippen LogP contribution is -2.38. The van der Waals surface area contributed by atoms with Crippen molar-refractivity contribution in [3.8, 4) is 0 Å².